The smallest absolute Gasteiger partial charge is 0.338 e. The average Bonchev–Trinajstić information content (AvgIpc) is 2.97. The van der Waals surface area contributed by atoms with E-state index in [0.29, 0.717) is 5.56 Å². The van der Waals surface area contributed by atoms with E-state index in [-0.39, 0.29) is 24.4 Å². The number of fused-ring (bicyclic) bond motifs is 3. The summed E-state index contributed by atoms with van der Waals surface area (Å²) in [7, 11) is 0. The van der Waals surface area contributed by atoms with Crippen molar-refractivity contribution >= 4 is 38.5 Å². The van der Waals surface area contributed by atoms with Crippen LogP contribution in [0.3, 0.4) is 0 Å². The fourth-order valence-electron chi connectivity index (χ4n) is 5.60. The highest BCUT2D eigenvalue weighted by Gasteiger charge is 2.22. The first-order valence-electron chi connectivity index (χ1n) is 14.0. The summed E-state index contributed by atoms with van der Waals surface area (Å²) >= 11 is 0. The van der Waals surface area contributed by atoms with E-state index in [0.717, 1.165) is 44.1 Å². The van der Waals surface area contributed by atoms with Gasteiger partial charge in [0.25, 0.3) is 0 Å². The topological polar surface area (TPSA) is 39.2 Å². The highest BCUT2D eigenvalue weighted by atomic mass is 16.5. The Morgan fingerprint density at radius 2 is 1.32 bits per heavy atom. The van der Waals surface area contributed by atoms with Crippen LogP contribution in [0.5, 0.6) is 0 Å². The number of esters is 1. The molecule has 0 fully saturated rings. The molecule has 198 valence electrons. The average molecular weight is 524 g/mol. The van der Waals surface area contributed by atoms with Gasteiger partial charge < -0.3 is 4.74 Å². The van der Waals surface area contributed by atoms with Crippen LogP contribution in [0.4, 0.5) is 0 Å². The Morgan fingerprint density at radius 3 is 2.00 bits per heavy atom. The quantitative estimate of drug-likeness (QED) is 0.161. The van der Waals surface area contributed by atoms with Crippen LogP contribution >= 0.6 is 0 Å². The molecule has 0 radical (unpaired) electrons. The first-order chi connectivity index (χ1) is 19.4. The van der Waals surface area contributed by atoms with Crippen molar-refractivity contribution in [2.45, 2.75) is 46.1 Å². The molecule has 0 N–H and O–H groups in total. The summed E-state index contributed by atoms with van der Waals surface area (Å²) in [5.74, 6) is 0.126. The molecule has 0 spiro atoms. The lowest BCUT2D eigenvalue weighted by Crippen LogP contribution is -2.09. The lowest BCUT2D eigenvalue weighted by atomic mass is 9.82. The molecule has 1 heterocycles. The molecule has 3 nitrogen and oxygen atoms in total. The third kappa shape index (κ3) is 4.84. The number of pyridine rings is 1. The highest BCUT2D eigenvalue weighted by Crippen LogP contribution is 2.41. The van der Waals surface area contributed by atoms with Gasteiger partial charge in [-0.2, -0.15) is 0 Å². The molecule has 3 heteroatoms. The van der Waals surface area contributed by atoms with Crippen molar-refractivity contribution in [3.63, 3.8) is 0 Å². The van der Waals surface area contributed by atoms with Gasteiger partial charge in [0.05, 0.1) is 16.6 Å². The Hall–Kier alpha value is -4.50. The minimum Gasteiger partial charge on any atom is -0.457 e. The van der Waals surface area contributed by atoms with Crippen LogP contribution in [0.15, 0.2) is 103 Å². The van der Waals surface area contributed by atoms with Gasteiger partial charge in [0.1, 0.15) is 6.61 Å². The first-order valence-corrected chi connectivity index (χ1v) is 14.0. The van der Waals surface area contributed by atoms with Crippen LogP contribution in [0.2, 0.25) is 0 Å². The Labute approximate surface area is 235 Å². The SMILES string of the molecule is CC(C)c1cc(C(=O)OCc2ccccc2)cc(C(C)C)c1-c1cccc2nc3cc4ccccc4cc3cc12. The van der Waals surface area contributed by atoms with Crippen LogP contribution in [0.25, 0.3) is 43.7 Å². The summed E-state index contributed by atoms with van der Waals surface area (Å²) in [5, 5.41) is 4.64. The lowest BCUT2D eigenvalue weighted by Gasteiger charge is -2.23. The van der Waals surface area contributed by atoms with Crippen molar-refractivity contribution in [1.29, 1.82) is 0 Å². The number of ether oxygens (including phenoxy) is 1. The van der Waals surface area contributed by atoms with Gasteiger partial charge in [0.15, 0.2) is 0 Å². The maximum Gasteiger partial charge on any atom is 0.338 e. The van der Waals surface area contributed by atoms with Crippen LogP contribution < -0.4 is 0 Å². The van der Waals surface area contributed by atoms with Gasteiger partial charge >= 0.3 is 5.97 Å². The Bertz CT molecular complexity index is 1840. The monoisotopic (exact) mass is 523 g/mol. The maximum absolute atomic E-state index is 13.2. The summed E-state index contributed by atoms with van der Waals surface area (Å²) in [6, 6.07) is 35.3. The number of hydrogen-bond acceptors (Lipinski definition) is 3. The van der Waals surface area contributed by atoms with Crippen LogP contribution in [0, 0.1) is 0 Å². The zero-order valence-electron chi connectivity index (χ0n) is 23.4. The van der Waals surface area contributed by atoms with E-state index in [1.165, 1.54) is 16.3 Å². The summed E-state index contributed by atoms with van der Waals surface area (Å²) in [4.78, 5) is 18.3. The van der Waals surface area contributed by atoms with Crippen molar-refractivity contribution in [3.05, 3.63) is 125 Å². The number of hydrogen-bond donors (Lipinski definition) is 0. The van der Waals surface area contributed by atoms with E-state index in [1.807, 2.05) is 42.5 Å². The Morgan fingerprint density at radius 1 is 0.675 bits per heavy atom. The molecule has 5 aromatic carbocycles. The van der Waals surface area contributed by atoms with Gasteiger partial charge in [-0.05, 0) is 86.8 Å². The standard InChI is InChI=1S/C37H33NO2/c1-23(2)31-19-29(37(39)40-22-25-11-6-5-7-12-25)20-32(24(3)4)36(31)30-15-10-16-34-33(30)18-28-17-26-13-8-9-14-27(26)21-35(28)38-34/h5-21,23-24H,22H2,1-4H3. The van der Waals surface area contributed by atoms with E-state index >= 15 is 0 Å². The molecule has 40 heavy (non-hydrogen) atoms. The fraction of sp³-hybridized carbons (Fsp3) is 0.189. The minimum absolute atomic E-state index is 0.210. The molecule has 6 rings (SSSR count). The lowest BCUT2D eigenvalue weighted by molar-refractivity contribution is 0.0472. The third-order valence-corrected chi connectivity index (χ3v) is 7.68. The molecule has 0 bridgehead atoms. The molecule has 0 aliphatic carbocycles. The summed E-state index contributed by atoms with van der Waals surface area (Å²) in [6.07, 6.45) is 0. The van der Waals surface area contributed by atoms with Crippen LogP contribution in [-0.4, -0.2) is 11.0 Å². The van der Waals surface area contributed by atoms with Gasteiger partial charge in [0, 0.05) is 10.8 Å². The van der Waals surface area contributed by atoms with Gasteiger partial charge in [-0.25, -0.2) is 9.78 Å². The van der Waals surface area contributed by atoms with E-state index < -0.39 is 0 Å². The van der Waals surface area contributed by atoms with Crippen LogP contribution in [-0.2, 0) is 11.3 Å². The third-order valence-electron chi connectivity index (χ3n) is 7.68. The number of carbonyl (C=O) groups is 1. The van der Waals surface area contributed by atoms with E-state index in [4.69, 9.17) is 9.72 Å². The number of rotatable bonds is 6. The van der Waals surface area contributed by atoms with E-state index in [9.17, 15) is 4.79 Å². The summed E-state index contributed by atoms with van der Waals surface area (Å²) < 4.78 is 5.73. The molecule has 0 aliphatic rings. The number of aromatic nitrogens is 1. The second-order valence-corrected chi connectivity index (χ2v) is 11.2. The molecule has 1 aromatic heterocycles. The van der Waals surface area contributed by atoms with Gasteiger partial charge in [-0.3, -0.25) is 0 Å². The number of benzene rings is 5. The van der Waals surface area contributed by atoms with Crippen molar-refractivity contribution in [2.24, 2.45) is 0 Å². The van der Waals surface area contributed by atoms with E-state index in [1.54, 1.807) is 0 Å². The minimum atomic E-state index is -0.295. The van der Waals surface area contributed by atoms with Crippen molar-refractivity contribution in [1.82, 2.24) is 4.98 Å². The highest BCUT2D eigenvalue weighted by molar-refractivity contribution is 6.06. The first kappa shape index (κ1) is 25.8. The normalized spacial score (nSPS) is 11.7. The van der Waals surface area contributed by atoms with Crippen molar-refractivity contribution in [3.8, 4) is 11.1 Å². The van der Waals surface area contributed by atoms with Gasteiger partial charge in [0.2, 0.25) is 0 Å². The second-order valence-electron chi connectivity index (χ2n) is 11.2. The zero-order chi connectivity index (χ0) is 27.8. The van der Waals surface area contributed by atoms with Gasteiger partial charge in [-0.15, -0.1) is 0 Å². The molecule has 0 aliphatic heterocycles. The number of nitrogens with zero attached hydrogens (tertiary/aromatic N) is 1. The summed E-state index contributed by atoms with van der Waals surface area (Å²) in [5.41, 5.74) is 8.16. The van der Waals surface area contributed by atoms with Crippen LogP contribution in [0.1, 0.15) is 66.6 Å². The molecular weight excluding hydrogens is 490 g/mol. The number of carbonyl (C=O) groups excluding carboxylic acids is 1. The van der Waals surface area contributed by atoms with Gasteiger partial charge in [-0.1, -0.05) is 94.4 Å². The molecule has 0 unspecified atom stereocenters. The molecule has 0 amide bonds. The van der Waals surface area contributed by atoms with E-state index in [2.05, 4.69) is 88.4 Å². The molecule has 0 saturated heterocycles. The predicted molar refractivity (Wildman–Crippen MR) is 166 cm³/mol. The Kier molecular flexibility index (Phi) is 6.81. The second kappa shape index (κ2) is 10.6. The molecule has 0 saturated carbocycles. The largest absolute Gasteiger partial charge is 0.457 e. The molecule has 6 aromatic rings. The zero-order valence-corrected chi connectivity index (χ0v) is 23.4. The molecular formula is C37H33NO2. The maximum atomic E-state index is 13.2. The fourth-order valence-corrected chi connectivity index (χ4v) is 5.60. The Balaban J connectivity index is 1.51. The van der Waals surface area contributed by atoms with Crippen molar-refractivity contribution < 1.29 is 9.53 Å². The van der Waals surface area contributed by atoms with Crippen molar-refractivity contribution in [2.75, 3.05) is 0 Å². The summed E-state index contributed by atoms with van der Waals surface area (Å²) in [6.45, 7) is 9.01. The predicted octanol–water partition coefficient (Wildman–Crippen LogP) is 9.81. The molecule has 0 atom stereocenters.